The first-order valence-electron chi connectivity index (χ1n) is 8.26. The predicted octanol–water partition coefficient (Wildman–Crippen LogP) is 2.32. The molecule has 5 heteroatoms. The largest absolute Gasteiger partial charge is 0.383 e. The lowest BCUT2D eigenvalue weighted by molar-refractivity contribution is -0.0657. The van der Waals surface area contributed by atoms with Gasteiger partial charge in [0.2, 0.25) is 0 Å². The van der Waals surface area contributed by atoms with E-state index in [4.69, 9.17) is 9.47 Å². The number of hydrogen-bond donors (Lipinski definition) is 2. The molecule has 0 heterocycles. The SMILES string of the molecule is CCCOC1(CNC(=NC)NC(C)COC)CCCCC1. The lowest BCUT2D eigenvalue weighted by atomic mass is 9.84. The van der Waals surface area contributed by atoms with Crippen LogP contribution < -0.4 is 10.6 Å². The summed E-state index contributed by atoms with van der Waals surface area (Å²) in [5.74, 6) is 0.824. The average molecular weight is 299 g/mol. The average Bonchev–Trinajstić information content (AvgIpc) is 2.51. The van der Waals surface area contributed by atoms with Crippen LogP contribution in [0.25, 0.3) is 0 Å². The number of nitrogens with one attached hydrogen (secondary N) is 2. The van der Waals surface area contributed by atoms with Crippen LogP contribution in [0.4, 0.5) is 0 Å². The minimum atomic E-state index is -0.0175. The third-order valence-electron chi connectivity index (χ3n) is 3.98. The van der Waals surface area contributed by atoms with Crippen LogP contribution in [-0.2, 0) is 9.47 Å². The van der Waals surface area contributed by atoms with Crippen molar-refractivity contribution in [2.45, 2.75) is 64.0 Å². The zero-order valence-electron chi connectivity index (χ0n) is 14.2. The van der Waals surface area contributed by atoms with Crippen molar-refractivity contribution in [2.75, 3.05) is 33.9 Å². The number of nitrogens with zero attached hydrogens (tertiary/aromatic N) is 1. The molecule has 0 aromatic rings. The molecular formula is C16H33N3O2. The molecule has 1 rings (SSSR count). The van der Waals surface area contributed by atoms with Crippen molar-refractivity contribution in [3.8, 4) is 0 Å². The number of rotatable bonds is 8. The van der Waals surface area contributed by atoms with Gasteiger partial charge < -0.3 is 20.1 Å². The van der Waals surface area contributed by atoms with Crippen molar-refractivity contribution >= 4 is 5.96 Å². The Kier molecular flexibility index (Phi) is 8.69. The number of ether oxygens (including phenoxy) is 2. The summed E-state index contributed by atoms with van der Waals surface area (Å²) < 4.78 is 11.3. The Morgan fingerprint density at radius 2 is 2.00 bits per heavy atom. The second-order valence-corrected chi connectivity index (χ2v) is 6.02. The minimum absolute atomic E-state index is 0.0175. The lowest BCUT2D eigenvalue weighted by Gasteiger charge is -2.38. The fraction of sp³-hybridized carbons (Fsp3) is 0.938. The summed E-state index contributed by atoms with van der Waals surface area (Å²) in [5, 5.41) is 6.78. The van der Waals surface area contributed by atoms with Gasteiger partial charge in [0.05, 0.1) is 12.2 Å². The maximum absolute atomic E-state index is 6.20. The van der Waals surface area contributed by atoms with Crippen LogP contribution in [-0.4, -0.2) is 51.5 Å². The molecule has 0 bridgehead atoms. The van der Waals surface area contributed by atoms with Crippen molar-refractivity contribution < 1.29 is 9.47 Å². The zero-order chi connectivity index (χ0) is 15.6. The third kappa shape index (κ3) is 6.66. The second-order valence-electron chi connectivity index (χ2n) is 6.02. The van der Waals surface area contributed by atoms with Gasteiger partial charge in [0.1, 0.15) is 0 Å². The first kappa shape index (κ1) is 18.2. The van der Waals surface area contributed by atoms with E-state index < -0.39 is 0 Å². The highest BCUT2D eigenvalue weighted by molar-refractivity contribution is 5.80. The van der Waals surface area contributed by atoms with E-state index in [1.807, 2.05) is 0 Å². The first-order valence-corrected chi connectivity index (χ1v) is 8.26. The number of guanidine groups is 1. The van der Waals surface area contributed by atoms with Gasteiger partial charge in [-0.15, -0.1) is 0 Å². The molecule has 0 aliphatic heterocycles. The van der Waals surface area contributed by atoms with Crippen molar-refractivity contribution in [3.05, 3.63) is 0 Å². The molecule has 1 atom stereocenters. The van der Waals surface area contributed by atoms with Gasteiger partial charge in [-0.1, -0.05) is 26.2 Å². The van der Waals surface area contributed by atoms with Crippen LogP contribution in [0.15, 0.2) is 4.99 Å². The van der Waals surface area contributed by atoms with Crippen LogP contribution in [0.2, 0.25) is 0 Å². The quantitative estimate of drug-likeness (QED) is 0.533. The summed E-state index contributed by atoms with van der Waals surface area (Å²) in [7, 11) is 3.51. The Morgan fingerprint density at radius 1 is 1.29 bits per heavy atom. The maximum Gasteiger partial charge on any atom is 0.191 e. The fourth-order valence-electron chi connectivity index (χ4n) is 2.85. The third-order valence-corrected chi connectivity index (χ3v) is 3.98. The zero-order valence-corrected chi connectivity index (χ0v) is 14.2. The molecule has 0 saturated heterocycles. The summed E-state index contributed by atoms with van der Waals surface area (Å²) >= 11 is 0. The van der Waals surface area contributed by atoms with Gasteiger partial charge in [-0.2, -0.15) is 0 Å². The topological polar surface area (TPSA) is 54.9 Å². The second kappa shape index (κ2) is 10.0. The number of aliphatic imine (C=N–C) groups is 1. The summed E-state index contributed by atoms with van der Waals surface area (Å²) in [5.41, 5.74) is -0.0175. The highest BCUT2D eigenvalue weighted by Crippen LogP contribution is 2.31. The minimum Gasteiger partial charge on any atom is -0.383 e. The van der Waals surface area contributed by atoms with Gasteiger partial charge in [0.15, 0.2) is 5.96 Å². The van der Waals surface area contributed by atoms with Crippen LogP contribution in [0.1, 0.15) is 52.4 Å². The molecule has 124 valence electrons. The van der Waals surface area contributed by atoms with E-state index in [9.17, 15) is 0 Å². The Labute approximate surface area is 129 Å². The van der Waals surface area contributed by atoms with Crippen LogP contribution in [0.5, 0.6) is 0 Å². The van der Waals surface area contributed by atoms with E-state index in [1.165, 1.54) is 19.3 Å². The molecular weight excluding hydrogens is 266 g/mol. The standard InChI is InChI=1S/C16H33N3O2/c1-5-11-21-16(9-7-6-8-10-16)13-18-15(17-3)19-14(2)12-20-4/h14H,5-13H2,1-4H3,(H2,17,18,19). The highest BCUT2D eigenvalue weighted by Gasteiger charge is 2.32. The molecule has 0 aromatic heterocycles. The summed E-state index contributed by atoms with van der Waals surface area (Å²) in [4.78, 5) is 4.29. The van der Waals surface area contributed by atoms with Gasteiger partial charge in [-0.3, -0.25) is 4.99 Å². The summed E-state index contributed by atoms with van der Waals surface area (Å²) in [6, 6.07) is 0.236. The maximum atomic E-state index is 6.20. The van der Waals surface area contributed by atoms with E-state index in [0.717, 1.165) is 38.4 Å². The Morgan fingerprint density at radius 3 is 2.57 bits per heavy atom. The molecule has 1 unspecified atom stereocenters. The molecule has 5 nitrogen and oxygen atoms in total. The first-order chi connectivity index (χ1) is 10.2. The molecule has 0 radical (unpaired) electrons. The van der Waals surface area contributed by atoms with Gasteiger partial charge in [0, 0.05) is 33.4 Å². The highest BCUT2D eigenvalue weighted by atomic mass is 16.5. The predicted molar refractivity (Wildman–Crippen MR) is 87.9 cm³/mol. The monoisotopic (exact) mass is 299 g/mol. The molecule has 21 heavy (non-hydrogen) atoms. The normalized spacial score (nSPS) is 20.1. The van der Waals surface area contributed by atoms with Crippen molar-refractivity contribution in [1.29, 1.82) is 0 Å². The fourth-order valence-corrected chi connectivity index (χ4v) is 2.85. The van der Waals surface area contributed by atoms with E-state index >= 15 is 0 Å². The van der Waals surface area contributed by atoms with Crippen molar-refractivity contribution in [2.24, 2.45) is 4.99 Å². The Balaban J connectivity index is 2.50. The molecule has 2 N–H and O–H groups in total. The van der Waals surface area contributed by atoms with Crippen LogP contribution >= 0.6 is 0 Å². The molecule has 1 saturated carbocycles. The smallest absolute Gasteiger partial charge is 0.191 e. The van der Waals surface area contributed by atoms with Gasteiger partial charge in [0.25, 0.3) is 0 Å². The molecule has 0 spiro atoms. The van der Waals surface area contributed by atoms with Crippen molar-refractivity contribution in [3.63, 3.8) is 0 Å². The van der Waals surface area contributed by atoms with E-state index in [0.29, 0.717) is 6.61 Å². The van der Waals surface area contributed by atoms with Crippen molar-refractivity contribution in [1.82, 2.24) is 10.6 Å². The van der Waals surface area contributed by atoms with Gasteiger partial charge in [-0.25, -0.2) is 0 Å². The van der Waals surface area contributed by atoms with Crippen LogP contribution in [0.3, 0.4) is 0 Å². The lowest BCUT2D eigenvalue weighted by Crippen LogP contribution is -2.51. The summed E-state index contributed by atoms with van der Waals surface area (Å²) in [6.07, 6.45) is 7.21. The van der Waals surface area contributed by atoms with E-state index in [1.54, 1.807) is 14.2 Å². The number of hydrogen-bond acceptors (Lipinski definition) is 3. The van der Waals surface area contributed by atoms with E-state index in [2.05, 4.69) is 29.5 Å². The molecule has 0 amide bonds. The molecule has 1 aliphatic rings. The van der Waals surface area contributed by atoms with Crippen LogP contribution in [0, 0.1) is 0 Å². The Bertz CT molecular complexity index is 302. The summed E-state index contributed by atoms with van der Waals surface area (Å²) in [6.45, 7) is 6.58. The van der Waals surface area contributed by atoms with E-state index in [-0.39, 0.29) is 11.6 Å². The van der Waals surface area contributed by atoms with Gasteiger partial charge in [-0.05, 0) is 26.2 Å². The van der Waals surface area contributed by atoms with Gasteiger partial charge >= 0.3 is 0 Å². The number of methoxy groups -OCH3 is 1. The molecule has 1 fully saturated rings. The molecule has 1 aliphatic carbocycles. The Hall–Kier alpha value is -0.810. The molecule has 0 aromatic carbocycles.